The van der Waals surface area contributed by atoms with Crippen LogP contribution in [0.5, 0.6) is 5.75 Å². The lowest BCUT2D eigenvalue weighted by molar-refractivity contribution is 0.104. The van der Waals surface area contributed by atoms with Gasteiger partial charge in [0.05, 0.1) is 5.39 Å². The number of fused-ring (bicyclic) bond motifs is 1. The third-order valence-electron chi connectivity index (χ3n) is 5.22. The fraction of sp³-hybridized carbons (Fsp3) is 0.0385. The van der Waals surface area contributed by atoms with Crippen LogP contribution in [0.2, 0.25) is 0 Å². The maximum atomic E-state index is 13.2. The summed E-state index contributed by atoms with van der Waals surface area (Å²) in [6, 6.07) is 26.9. The average molecular weight is 423 g/mol. The fourth-order valence-corrected chi connectivity index (χ4v) is 4.63. The number of rotatable bonds is 4. The highest BCUT2D eigenvalue weighted by Gasteiger charge is 2.25. The van der Waals surface area contributed by atoms with Crippen molar-refractivity contribution in [2.24, 2.45) is 0 Å². The number of benzene rings is 3. The van der Waals surface area contributed by atoms with Gasteiger partial charge in [0.25, 0.3) is 0 Å². The molecule has 5 heteroatoms. The number of thiophene rings is 1. The summed E-state index contributed by atoms with van der Waals surface area (Å²) in [7, 11) is 0. The van der Waals surface area contributed by atoms with Crippen molar-refractivity contribution in [1.82, 2.24) is 10.2 Å². The van der Waals surface area contributed by atoms with E-state index < -0.39 is 0 Å². The standard InChI is InChI=1S/C26H18N2O2S/c1-16-12-14-19(15-13-16)23(29)25-24(30)21-20(17-8-4-2-5-9-17)22(27-28-26(21)31-25)18-10-6-3-7-11-18/h2-15,30H,1H3. The Morgan fingerprint density at radius 2 is 1.42 bits per heavy atom. The van der Waals surface area contributed by atoms with E-state index in [0.717, 1.165) is 22.3 Å². The van der Waals surface area contributed by atoms with Crippen molar-refractivity contribution >= 4 is 27.3 Å². The van der Waals surface area contributed by atoms with Crippen LogP contribution in [0.1, 0.15) is 20.8 Å². The van der Waals surface area contributed by atoms with Gasteiger partial charge in [0.1, 0.15) is 16.3 Å². The maximum absolute atomic E-state index is 13.2. The molecule has 1 N–H and O–H groups in total. The zero-order valence-corrected chi connectivity index (χ0v) is 17.6. The lowest BCUT2D eigenvalue weighted by atomic mass is 9.96. The normalized spacial score (nSPS) is 11.0. The first-order valence-electron chi connectivity index (χ1n) is 9.88. The first-order chi connectivity index (χ1) is 15.1. The number of aryl methyl sites for hydroxylation is 1. The Labute approximate surface area is 183 Å². The number of hydrogen-bond donors (Lipinski definition) is 1. The molecule has 3 aromatic carbocycles. The van der Waals surface area contributed by atoms with Crippen LogP contribution in [-0.2, 0) is 0 Å². The summed E-state index contributed by atoms with van der Waals surface area (Å²) in [6.07, 6.45) is 0. The van der Waals surface area contributed by atoms with Crippen LogP contribution in [0.25, 0.3) is 32.6 Å². The van der Waals surface area contributed by atoms with E-state index >= 15 is 0 Å². The molecule has 0 fully saturated rings. The van der Waals surface area contributed by atoms with Crippen molar-refractivity contribution in [2.75, 3.05) is 0 Å². The molecule has 0 atom stereocenters. The second-order valence-corrected chi connectivity index (χ2v) is 8.31. The maximum Gasteiger partial charge on any atom is 0.206 e. The Bertz CT molecular complexity index is 1390. The van der Waals surface area contributed by atoms with Crippen molar-refractivity contribution in [2.45, 2.75) is 6.92 Å². The molecule has 4 nitrogen and oxygen atoms in total. The lowest BCUT2D eigenvalue weighted by Gasteiger charge is -2.10. The topological polar surface area (TPSA) is 63.1 Å². The van der Waals surface area contributed by atoms with E-state index in [1.54, 1.807) is 12.1 Å². The molecule has 0 saturated heterocycles. The molecule has 2 aromatic heterocycles. The minimum absolute atomic E-state index is 0.0449. The van der Waals surface area contributed by atoms with Crippen LogP contribution in [0.15, 0.2) is 84.9 Å². The zero-order chi connectivity index (χ0) is 21.4. The summed E-state index contributed by atoms with van der Waals surface area (Å²) in [5.74, 6) is -0.266. The van der Waals surface area contributed by atoms with Crippen molar-refractivity contribution in [1.29, 1.82) is 0 Å². The summed E-state index contributed by atoms with van der Waals surface area (Å²) < 4.78 is 0. The van der Waals surface area contributed by atoms with Gasteiger partial charge in [-0.2, -0.15) is 0 Å². The number of carbonyl (C=O) groups is 1. The molecule has 150 valence electrons. The number of hydrogen-bond acceptors (Lipinski definition) is 5. The predicted molar refractivity (Wildman–Crippen MR) is 125 cm³/mol. The second kappa shape index (κ2) is 7.78. The number of aromatic nitrogens is 2. The summed E-state index contributed by atoms with van der Waals surface area (Å²) >= 11 is 1.17. The third-order valence-corrected chi connectivity index (χ3v) is 6.28. The first-order valence-corrected chi connectivity index (χ1v) is 10.7. The zero-order valence-electron chi connectivity index (χ0n) is 16.7. The van der Waals surface area contributed by atoms with E-state index in [2.05, 4.69) is 10.2 Å². The van der Waals surface area contributed by atoms with Gasteiger partial charge in [-0.15, -0.1) is 21.5 Å². The molecule has 0 saturated carbocycles. The fourth-order valence-electron chi connectivity index (χ4n) is 3.64. The number of nitrogens with zero attached hydrogens (tertiary/aromatic N) is 2. The Morgan fingerprint density at radius 1 is 0.806 bits per heavy atom. The second-order valence-electron chi connectivity index (χ2n) is 7.31. The lowest BCUT2D eigenvalue weighted by Crippen LogP contribution is -1.98. The van der Waals surface area contributed by atoms with Gasteiger partial charge < -0.3 is 5.11 Å². The molecule has 0 aliphatic rings. The van der Waals surface area contributed by atoms with E-state index in [0.29, 0.717) is 21.5 Å². The molecular weight excluding hydrogens is 404 g/mol. The van der Waals surface area contributed by atoms with E-state index in [4.69, 9.17) is 0 Å². The van der Waals surface area contributed by atoms with Crippen LogP contribution < -0.4 is 0 Å². The Kier molecular flexibility index (Phi) is 4.81. The number of aromatic hydroxyl groups is 1. The van der Waals surface area contributed by atoms with E-state index in [1.807, 2.05) is 79.7 Å². The van der Waals surface area contributed by atoms with Crippen LogP contribution >= 0.6 is 11.3 Å². The van der Waals surface area contributed by atoms with Crippen molar-refractivity contribution in [3.8, 4) is 28.1 Å². The van der Waals surface area contributed by atoms with Gasteiger partial charge >= 0.3 is 0 Å². The largest absolute Gasteiger partial charge is 0.506 e. The van der Waals surface area contributed by atoms with Crippen LogP contribution in [0.3, 0.4) is 0 Å². The van der Waals surface area contributed by atoms with E-state index in [-0.39, 0.29) is 16.4 Å². The van der Waals surface area contributed by atoms with Crippen LogP contribution in [0, 0.1) is 6.92 Å². The van der Waals surface area contributed by atoms with Crippen LogP contribution in [0.4, 0.5) is 0 Å². The number of ketones is 1. The first kappa shape index (κ1) is 19.2. The molecule has 0 bridgehead atoms. The number of carbonyl (C=O) groups excluding carboxylic acids is 1. The highest BCUT2D eigenvalue weighted by atomic mass is 32.1. The molecule has 0 unspecified atom stereocenters. The molecule has 2 heterocycles. The molecule has 0 amide bonds. The van der Waals surface area contributed by atoms with Crippen LogP contribution in [-0.4, -0.2) is 21.1 Å². The van der Waals surface area contributed by atoms with Gasteiger partial charge in [-0.05, 0) is 12.5 Å². The molecule has 31 heavy (non-hydrogen) atoms. The monoisotopic (exact) mass is 422 g/mol. The van der Waals surface area contributed by atoms with Gasteiger partial charge in [-0.25, -0.2) is 0 Å². The van der Waals surface area contributed by atoms with Gasteiger partial charge in [-0.3, -0.25) is 4.79 Å². The Hall–Kier alpha value is -3.83. The SMILES string of the molecule is Cc1ccc(C(=O)c2sc3nnc(-c4ccccc4)c(-c4ccccc4)c3c2O)cc1. The minimum Gasteiger partial charge on any atom is -0.506 e. The summed E-state index contributed by atoms with van der Waals surface area (Å²) in [6.45, 7) is 1.97. The van der Waals surface area contributed by atoms with Crippen molar-refractivity contribution in [3.05, 3.63) is 101 Å². The van der Waals surface area contributed by atoms with Gasteiger partial charge in [0.2, 0.25) is 5.78 Å². The van der Waals surface area contributed by atoms with Gasteiger partial charge in [0, 0.05) is 16.7 Å². The molecular formula is C26H18N2O2S. The third kappa shape index (κ3) is 3.39. The van der Waals surface area contributed by atoms with Crippen molar-refractivity contribution < 1.29 is 9.90 Å². The van der Waals surface area contributed by atoms with Gasteiger partial charge in [-0.1, -0.05) is 90.5 Å². The molecule has 0 aliphatic heterocycles. The minimum atomic E-state index is -0.222. The summed E-state index contributed by atoms with van der Waals surface area (Å²) in [4.78, 5) is 14.0. The molecule has 5 aromatic rings. The average Bonchev–Trinajstić information content (AvgIpc) is 3.16. The molecule has 0 spiro atoms. The Morgan fingerprint density at radius 3 is 2.06 bits per heavy atom. The molecule has 0 aliphatic carbocycles. The highest BCUT2D eigenvalue weighted by molar-refractivity contribution is 7.21. The van der Waals surface area contributed by atoms with E-state index in [1.165, 1.54) is 11.3 Å². The molecule has 0 radical (unpaired) electrons. The Balaban J connectivity index is 1.77. The summed E-state index contributed by atoms with van der Waals surface area (Å²) in [5, 5.41) is 20.6. The quantitative estimate of drug-likeness (QED) is 0.347. The van der Waals surface area contributed by atoms with E-state index in [9.17, 15) is 9.90 Å². The molecule has 5 rings (SSSR count). The highest BCUT2D eigenvalue weighted by Crippen LogP contribution is 2.45. The van der Waals surface area contributed by atoms with Crippen molar-refractivity contribution in [3.63, 3.8) is 0 Å². The smallest absolute Gasteiger partial charge is 0.206 e. The summed E-state index contributed by atoms with van der Waals surface area (Å²) in [5.41, 5.74) is 4.85. The van der Waals surface area contributed by atoms with Gasteiger partial charge in [0.15, 0.2) is 4.83 Å². The predicted octanol–water partition coefficient (Wildman–Crippen LogP) is 6.27.